The summed E-state index contributed by atoms with van der Waals surface area (Å²) in [6.07, 6.45) is 0. The van der Waals surface area contributed by atoms with E-state index in [0.717, 1.165) is 22.3 Å². The molecule has 0 aliphatic rings. The minimum absolute atomic E-state index is 0.0693. The maximum absolute atomic E-state index is 12.8. The van der Waals surface area contributed by atoms with Gasteiger partial charge in [0.2, 0.25) is 0 Å². The van der Waals surface area contributed by atoms with Crippen molar-refractivity contribution in [2.75, 3.05) is 14.2 Å². The van der Waals surface area contributed by atoms with Crippen LogP contribution in [-0.2, 0) is 13.6 Å². The zero-order valence-electron chi connectivity index (χ0n) is 15.2. The molecule has 6 heteroatoms. The molecule has 0 radical (unpaired) electrons. The number of amides is 1. The molecule has 0 unspecified atom stereocenters. The van der Waals surface area contributed by atoms with Gasteiger partial charge in [-0.1, -0.05) is 19.0 Å². The van der Waals surface area contributed by atoms with E-state index < -0.39 is 0 Å². The van der Waals surface area contributed by atoms with E-state index in [2.05, 4.69) is 19.0 Å². The van der Waals surface area contributed by atoms with E-state index in [-0.39, 0.29) is 5.91 Å². The van der Waals surface area contributed by atoms with Gasteiger partial charge in [0, 0.05) is 31.6 Å². The number of carbonyl (C=O) groups is 1. The van der Waals surface area contributed by atoms with Gasteiger partial charge in [-0.3, -0.25) is 4.79 Å². The molecular weight excluding hydrogens is 318 g/mol. The molecule has 0 fully saturated rings. The first kappa shape index (κ1) is 17.1. The van der Waals surface area contributed by atoms with Gasteiger partial charge >= 0.3 is 0 Å². The highest BCUT2D eigenvalue weighted by molar-refractivity contribution is 5.98. The molecule has 2 aromatic heterocycles. The van der Waals surface area contributed by atoms with Crippen LogP contribution < -0.4 is 4.74 Å². The van der Waals surface area contributed by atoms with Gasteiger partial charge in [-0.15, -0.1) is 0 Å². The van der Waals surface area contributed by atoms with E-state index in [1.165, 1.54) is 0 Å². The second-order valence-electron chi connectivity index (χ2n) is 6.55. The summed E-state index contributed by atoms with van der Waals surface area (Å²) in [4.78, 5) is 14.5. The number of fused-ring (bicyclic) bond motifs is 1. The van der Waals surface area contributed by atoms with Crippen LogP contribution in [0.1, 0.15) is 41.7 Å². The van der Waals surface area contributed by atoms with Crippen molar-refractivity contribution in [2.24, 2.45) is 7.05 Å². The summed E-state index contributed by atoms with van der Waals surface area (Å²) in [7, 11) is 5.28. The van der Waals surface area contributed by atoms with Crippen molar-refractivity contribution in [1.82, 2.24) is 14.6 Å². The molecule has 0 spiro atoms. The second kappa shape index (κ2) is 6.63. The molecule has 132 valence electrons. The van der Waals surface area contributed by atoms with E-state index >= 15 is 0 Å². The molecule has 3 aromatic rings. The van der Waals surface area contributed by atoms with E-state index in [1.807, 2.05) is 41.9 Å². The SMILES string of the molecule is COc1ccc2cc(C(=O)N(C)Cc3cc(C(C)C)no3)n(C)c2c1. The largest absolute Gasteiger partial charge is 0.497 e. The monoisotopic (exact) mass is 341 g/mol. The number of aryl methyl sites for hydroxylation is 1. The molecule has 1 aromatic carbocycles. The molecule has 0 aliphatic heterocycles. The number of hydrogen-bond donors (Lipinski definition) is 0. The molecule has 0 aliphatic carbocycles. The van der Waals surface area contributed by atoms with Crippen LogP contribution in [0.3, 0.4) is 0 Å². The highest BCUT2D eigenvalue weighted by Gasteiger charge is 2.19. The first-order valence-corrected chi connectivity index (χ1v) is 8.25. The van der Waals surface area contributed by atoms with Gasteiger partial charge in [0.1, 0.15) is 11.4 Å². The fourth-order valence-electron chi connectivity index (χ4n) is 2.82. The Bertz CT molecular complexity index is 908. The van der Waals surface area contributed by atoms with Gasteiger partial charge in [-0.05, 0) is 24.1 Å². The summed E-state index contributed by atoms with van der Waals surface area (Å²) in [5, 5.41) is 5.04. The van der Waals surface area contributed by atoms with Gasteiger partial charge in [0.05, 0.1) is 24.9 Å². The van der Waals surface area contributed by atoms with Crippen molar-refractivity contribution < 1.29 is 14.1 Å². The molecule has 2 heterocycles. The second-order valence-corrected chi connectivity index (χ2v) is 6.55. The van der Waals surface area contributed by atoms with Crippen LogP contribution in [0.15, 0.2) is 34.9 Å². The van der Waals surface area contributed by atoms with Crippen molar-refractivity contribution >= 4 is 16.8 Å². The lowest BCUT2D eigenvalue weighted by atomic mass is 10.1. The Hall–Kier alpha value is -2.76. The van der Waals surface area contributed by atoms with Gasteiger partial charge in [0.15, 0.2) is 5.76 Å². The summed E-state index contributed by atoms with van der Waals surface area (Å²) in [5.74, 6) is 1.68. The summed E-state index contributed by atoms with van der Waals surface area (Å²) >= 11 is 0. The fraction of sp³-hybridized carbons (Fsp3) is 0.368. The molecule has 25 heavy (non-hydrogen) atoms. The zero-order chi connectivity index (χ0) is 18.1. The minimum Gasteiger partial charge on any atom is -0.497 e. The van der Waals surface area contributed by atoms with Crippen LogP contribution >= 0.6 is 0 Å². The first-order chi connectivity index (χ1) is 11.9. The molecule has 0 bridgehead atoms. The van der Waals surface area contributed by atoms with Crippen molar-refractivity contribution in [2.45, 2.75) is 26.3 Å². The van der Waals surface area contributed by atoms with Crippen LogP contribution in [0.2, 0.25) is 0 Å². The molecule has 1 amide bonds. The number of nitrogens with zero attached hydrogens (tertiary/aromatic N) is 3. The lowest BCUT2D eigenvalue weighted by Gasteiger charge is -2.15. The topological polar surface area (TPSA) is 60.5 Å². The number of hydrogen-bond acceptors (Lipinski definition) is 4. The summed E-state index contributed by atoms with van der Waals surface area (Å²) in [5.41, 5.74) is 2.47. The number of aromatic nitrogens is 2. The van der Waals surface area contributed by atoms with Crippen molar-refractivity contribution in [1.29, 1.82) is 0 Å². The van der Waals surface area contributed by atoms with E-state index in [9.17, 15) is 4.79 Å². The van der Waals surface area contributed by atoms with Crippen molar-refractivity contribution in [3.63, 3.8) is 0 Å². The molecule has 0 atom stereocenters. The highest BCUT2D eigenvalue weighted by atomic mass is 16.5. The van der Waals surface area contributed by atoms with Crippen LogP contribution in [0, 0.1) is 0 Å². The van der Waals surface area contributed by atoms with Gasteiger partial charge in [-0.2, -0.15) is 0 Å². The lowest BCUT2D eigenvalue weighted by molar-refractivity contribution is 0.0763. The molecule has 0 N–H and O–H groups in total. The van der Waals surface area contributed by atoms with E-state index in [1.54, 1.807) is 19.1 Å². The summed E-state index contributed by atoms with van der Waals surface area (Å²) < 4.78 is 12.5. The summed E-state index contributed by atoms with van der Waals surface area (Å²) in [6, 6.07) is 9.57. The fourth-order valence-corrected chi connectivity index (χ4v) is 2.82. The maximum Gasteiger partial charge on any atom is 0.270 e. The maximum atomic E-state index is 12.8. The molecule has 3 rings (SSSR count). The van der Waals surface area contributed by atoms with Gasteiger partial charge in [-0.25, -0.2) is 0 Å². The Morgan fingerprint density at radius 3 is 2.72 bits per heavy atom. The third-order valence-corrected chi connectivity index (χ3v) is 4.38. The Kier molecular flexibility index (Phi) is 4.53. The van der Waals surface area contributed by atoms with Crippen molar-refractivity contribution in [3.8, 4) is 5.75 Å². The number of methoxy groups -OCH3 is 1. The number of carbonyl (C=O) groups excluding carboxylic acids is 1. The van der Waals surface area contributed by atoms with Gasteiger partial charge in [0.25, 0.3) is 5.91 Å². The normalized spacial score (nSPS) is 11.3. The Morgan fingerprint density at radius 1 is 1.32 bits per heavy atom. The van der Waals surface area contributed by atoms with Crippen LogP contribution in [-0.4, -0.2) is 34.7 Å². The number of ether oxygens (including phenoxy) is 1. The van der Waals surface area contributed by atoms with Crippen LogP contribution in [0.5, 0.6) is 5.75 Å². The van der Waals surface area contributed by atoms with E-state index in [0.29, 0.717) is 23.9 Å². The predicted molar refractivity (Wildman–Crippen MR) is 95.9 cm³/mol. The Balaban J connectivity index is 1.84. The zero-order valence-corrected chi connectivity index (χ0v) is 15.2. The quantitative estimate of drug-likeness (QED) is 0.712. The molecule has 0 saturated carbocycles. The summed E-state index contributed by atoms with van der Waals surface area (Å²) in [6.45, 7) is 4.49. The van der Waals surface area contributed by atoms with Crippen molar-refractivity contribution in [3.05, 3.63) is 47.5 Å². The third kappa shape index (κ3) is 3.24. The Labute approximate surface area is 147 Å². The molecule has 0 saturated heterocycles. The minimum atomic E-state index is -0.0693. The third-order valence-electron chi connectivity index (χ3n) is 4.38. The first-order valence-electron chi connectivity index (χ1n) is 8.25. The average Bonchev–Trinajstić information content (AvgIpc) is 3.19. The standard InChI is InChI=1S/C19H23N3O3/c1-12(2)16-9-15(25-20-16)11-21(3)19(23)18-8-13-6-7-14(24-5)10-17(13)22(18)4/h6-10,12H,11H2,1-5H3. The number of rotatable bonds is 5. The molecule has 6 nitrogen and oxygen atoms in total. The Morgan fingerprint density at radius 2 is 2.08 bits per heavy atom. The lowest BCUT2D eigenvalue weighted by Crippen LogP contribution is -2.27. The van der Waals surface area contributed by atoms with Crippen LogP contribution in [0.25, 0.3) is 10.9 Å². The smallest absolute Gasteiger partial charge is 0.270 e. The predicted octanol–water partition coefficient (Wildman–Crippen LogP) is 3.57. The van der Waals surface area contributed by atoms with E-state index in [4.69, 9.17) is 9.26 Å². The van der Waals surface area contributed by atoms with Crippen LogP contribution in [0.4, 0.5) is 0 Å². The van der Waals surface area contributed by atoms with Gasteiger partial charge < -0.3 is 18.7 Å². The highest BCUT2D eigenvalue weighted by Crippen LogP contribution is 2.25. The average molecular weight is 341 g/mol. The number of benzene rings is 1. The molecular formula is C19H23N3O3.